The number of sulfonamides is 1. The Balaban J connectivity index is 2.80. The lowest BCUT2D eigenvalue weighted by Gasteiger charge is -2.25. The van der Waals surface area contributed by atoms with Crippen LogP contribution in [0.4, 0.5) is 0 Å². The van der Waals surface area contributed by atoms with Crippen molar-refractivity contribution in [2.45, 2.75) is 19.4 Å². The third-order valence-electron chi connectivity index (χ3n) is 3.22. The number of rotatable bonds is 9. The second-order valence-electron chi connectivity index (χ2n) is 4.93. The lowest BCUT2D eigenvalue weighted by atomic mass is 10.1. The Kier molecular flexibility index (Phi) is 7.50. The molecule has 1 aromatic carbocycles. The Morgan fingerprint density at radius 3 is 2.50 bits per heavy atom. The van der Waals surface area contributed by atoms with Gasteiger partial charge >= 0.3 is 0 Å². The standard InChI is InChI=1S/C15H24N2O4S/c1-4-21-12-8-11-16-15(18)14(17(2)22(3,19)20)13-9-6-5-7-10-13/h5-7,9-10,14H,4,8,11-12H2,1-3H3,(H,16,18)/t14-/m0/s1. The lowest BCUT2D eigenvalue weighted by Crippen LogP contribution is -2.41. The summed E-state index contributed by atoms with van der Waals surface area (Å²) in [6.07, 6.45) is 1.77. The molecule has 0 fully saturated rings. The van der Waals surface area contributed by atoms with E-state index in [2.05, 4.69) is 5.32 Å². The highest BCUT2D eigenvalue weighted by atomic mass is 32.2. The second kappa shape index (κ2) is 8.87. The van der Waals surface area contributed by atoms with Gasteiger partial charge in [-0.15, -0.1) is 0 Å². The number of carbonyl (C=O) groups is 1. The fourth-order valence-corrected chi connectivity index (χ4v) is 2.58. The molecule has 22 heavy (non-hydrogen) atoms. The van der Waals surface area contributed by atoms with Crippen LogP contribution in [-0.4, -0.2) is 51.7 Å². The largest absolute Gasteiger partial charge is 0.382 e. The second-order valence-corrected chi connectivity index (χ2v) is 6.98. The van der Waals surface area contributed by atoms with Gasteiger partial charge in [-0.25, -0.2) is 8.42 Å². The topological polar surface area (TPSA) is 75.7 Å². The summed E-state index contributed by atoms with van der Waals surface area (Å²) >= 11 is 0. The molecule has 1 rings (SSSR count). The van der Waals surface area contributed by atoms with Crippen LogP contribution in [0.2, 0.25) is 0 Å². The molecule has 0 radical (unpaired) electrons. The van der Waals surface area contributed by atoms with Crippen molar-refractivity contribution in [3.05, 3.63) is 35.9 Å². The van der Waals surface area contributed by atoms with Crippen LogP contribution in [0.5, 0.6) is 0 Å². The van der Waals surface area contributed by atoms with Crippen molar-refractivity contribution in [1.29, 1.82) is 0 Å². The molecule has 0 heterocycles. The van der Waals surface area contributed by atoms with Gasteiger partial charge in [-0.05, 0) is 18.9 Å². The summed E-state index contributed by atoms with van der Waals surface area (Å²) in [5, 5.41) is 2.77. The summed E-state index contributed by atoms with van der Waals surface area (Å²) in [5.74, 6) is -0.337. The monoisotopic (exact) mass is 328 g/mol. The summed E-state index contributed by atoms with van der Waals surface area (Å²) in [5.41, 5.74) is 0.637. The van der Waals surface area contributed by atoms with Gasteiger partial charge in [-0.3, -0.25) is 4.79 Å². The van der Waals surface area contributed by atoms with Gasteiger partial charge in [-0.2, -0.15) is 4.31 Å². The van der Waals surface area contributed by atoms with Gasteiger partial charge in [0.05, 0.1) is 6.26 Å². The van der Waals surface area contributed by atoms with E-state index in [4.69, 9.17) is 4.74 Å². The Bertz CT molecular complexity index is 560. The molecule has 0 aliphatic carbocycles. The molecule has 1 N–H and O–H groups in total. The average molecular weight is 328 g/mol. The number of carbonyl (C=O) groups excluding carboxylic acids is 1. The molecular weight excluding hydrogens is 304 g/mol. The fourth-order valence-electron chi connectivity index (χ4n) is 1.98. The molecule has 0 bridgehead atoms. The van der Waals surface area contributed by atoms with Crippen molar-refractivity contribution in [3.8, 4) is 0 Å². The molecule has 1 atom stereocenters. The first-order chi connectivity index (χ1) is 10.4. The van der Waals surface area contributed by atoms with Crippen LogP contribution in [0.15, 0.2) is 30.3 Å². The molecule has 0 aliphatic heterocycles. The molecule has 0 aliphatic rings. The zero-order chi connectivity index (χ0) is 16.6. The summed E-state index contributed by atoms with van der Waals surface area (Å²) in [6.45, 7) is 3.55. The Morgan fingerprint density at radius 2 is 1.95 bits per heavy atom. The highest BCUT2D eigenvalue weighted by Gasteiger charge is 2.30. The SMILES string of the molecule is CCOCCCNC(=O)[C@H](c1ccccc1)N(C)S(C)(=O)=O. The molecule has 0 saturated carbocycles. The van der Waals surface area contributed by atoms with E-state index in [1.807, 2.05) is 13.0 Å². The van der Waals surface area contributed by atoms with E-state index in [0.29, 0.717) is 31.7 Å². The van der Waals surface area contributed by atoms with Crippen LogP contribution in [0.1, 0.15) is 24.9 Å². The third kappa shape index (κ3) is 5.75. The van der Waals surface area contributed by atoms with Gasteiger partial charge < -0.3 is 10.1 Å². The molecule has 124 valence electrons. The van der Waals surface area contributed by atoms with E-state index in [0.717, 1.165) is 10.6 Å². The minimum absolute atomic E-state index is 0.337. The maximum absolute atomic E-state index is 12.4. The van der Waals surface area contributed by atoms with Crippen molar-refractivity contribution in [1.82, 2.24) is 9.62 Å². The van der Waals surface area contributed by atoms with Crippen LogP contribution in [-0.2, 0) is 19.6 Å². The summed E-state index contributed by atoms with van der Waals surface area (Å²) < 4.78 is 29.9. The van der Waals surface area contributed by atoms with E-state index in [1.54, 1.807) is 24.3 Å². The smallest absolute Gasteiger partial charge is 0.242 e. The van der Waals surface area contributed by atoms with Gasteiger partial charge in [0.25, 0.3) is 0 Å². The van der Waals surface area contributed by atoms with Crippen LogP contribution >= 0.6 is 0 Å². The number of likely N-dealkylation sites (N-methyl/N-ethyl adjacent to an activating group) is 1. The number of nitrogens with zero attached hydrogens (tertiary/aromatic N) is 1. The van der Waals surface area contributed by atoms with Gasteiger partial charge in [-0.1, -0.05) is 30.3 Å². The molecule has 7 heteroatoms. The van der Waals surface area contributed by atoms with Crippen LogP contribution in [0.25, 0.3) is 0 Å². The maximum Gasteiger partial charge on any atom is 0.242 e. The third-order valence-corrected chi connectivity index (χ3v) is 4.48. The van der Waals surface area contributed by atoms with E-state index < -0.39 is 16.1 Å². The highest BCUT2D eigenvalue weighted by molar-refractivity contribution is 7.88. The zero-order valence-corrected chi connectivity index (χ0v) is 14.1. The first-order valence-electron chi connectivity index (χ1n) is 7.21. The van der Waals surface area contributed by atoms with E-state index >= 15 is 0 Å². The fraction of sp³-hybridized carbons (Fsp3) is 0.533. The van der Waals surface area contributed by atoms with Crippen molar-refractivity contribution in [2.75, 3.05) is 33.1 Å². The summed E-state index contributed by atoms with van der Waals surface area (Å²) in [7, 11) is -2.08. The molecule has 6 nitrogen and oxygen atoms in total. The zero-order valence-electron chi connectivity index (χ0n) is 13.3. The van der Waals surface area contributed by atoms with E-state index in [-0.39, 0.29) is 5.91 Å². The number of benzene rings is 1. The number of ether oxygens (including phenoxy) is 1. The van der Waals surface area contributed by atoms with Crippen LogP contribution < -0.4 is 5.32 Å². The van der Waals surface area contributed by atoms with Gasteiger partial charge in [0.1, 0.15) is 6.04 Å². The lowest BCUT2D eigenvalue weighted by molar-refractivity contribution is -0.124. The number of amides is 1. The predicted octanol–water partition coefficient (Wildman–Crippen LogP) is 1.16. The number of hydrogen-bond acceptors (Lipinski definition) is 4. The molecule has 1 amide bonds. The van der Waals surface area contributed by atoms with Crippen LogP contribution in [0.3, 0.4) is 0 Å². The van der Waals surface area contributed by atoms with Crippen molar-refractivity contribution < 1.29 is 17.9 Å². The molecule has 0 saturated heterocycles. The Labute approximate surface area is 132 Å². The predicted molar refractivity (Wildman–Crippen MR) is 85.9 cm³/mol. The normalized spacial score (nSPS) is 13.1. The quantitative estimate of drug-likeness (QED) is 0.690. The van der Waals surface area contributed by atoms with Gasteiger partial charge in [0.15, 0.2) is 0 Å². The minimum Gasteiger partial charge on any atom is -0.382 e. The minimum atomic E-state index is -3.49. The average Bonchev–Trinajstić information content (AvgIpc) is 2.47. The van der Waals surface area contributed by atoms with Crippen LogP contribution in [0, 0.1) is 0 Å². The van der Waals surface area contributed by atoms with Crippen molar-refractivity contribution in [3.63, 3.8) is 0 Å². The first-order valence-corrected chi connectivity index (χ1v) is 9.06. The Hall–Kier alpha value is -1.44. The van der Waals surface area contributed by atoms with Gasteiger partial charge in [0, 0.05) is 26.8 Å². The van der Waals surface area contributed by atoms with Gasteiger partial charge in [0.2, 0.25) is 15.9 Å². The number of nitrogens with one attached hydrogen (secondary N) is 1. The molecule has 0 aromatic heterocycles. The molecule has 0 unspecified atom stereocenters. The molecule has 0 spiro atoms. The number of hydrogen-bond donors (Lipinski definition) is 1. The van der Waals surface area contributed by atoms with E-state index in [9.17, 15) is 13.2 Å². The summed E-state index contributed by atoms with van der Waals surface area (Å²) in [4.78, 5) is 12.4. The van der Waals surface area contributed by atoms with E-state index in [1.165, 1.54) is 7.05 Å². The summed E-state index contributed by atoms with van der Waals surface area (Å²) in [6, 6.07) is 7.99. The van der Waals surface area contributed by atoms with Crippen molar-refractivity contribution in [2.24, 2.45) is 0 Å². The first kappa shape index (κ1) is 18.6. The molecular formula is C15H24N2O4S. The maximum atomic E-state index is 12.4. The highest BCUT2D eigenvalue weighted by Crippen LogP contribution is 2.21. The Morgan fingerprint density at radius 1 is 1.32 bits per heavy atom. The molecule has 1 aromatic rings. The van der Waals surface area contributed by atoms with Crippen molar-refractivity contribution >= 4 is 15.9 Å².